The van der Waals surface area contributed by atoms with Crippen LogP contribution in [0.1, 0.15) is 50.5 Å². The lowest BCUT2D eigenvalue weighted by Gasteiger charge is -2.29. The van der Waals surface area contributed by atoms with Gasteiger partial charge in [-0.15, -0.1) is 0 Å². The van der Waals surface area contributed by atoms with E-state index in [0.29, 0.717) is 40.1 Å². The second-order valence-electron chi connectivity index (χ2n) is 8.39. The SMILES string of the molecule is C=C/C=C(Cl)\C=C(\C(=O)c1ccncc1)C(C)NS(=O)c1ccccc1C(C)(C)C(=NCC)OCC. The van der Waals surface area contributed by atoms with Crippen LogP contribution >= 0.6 is 11.6 Å². The summed E-state index contributed by atoms with van der Waals surface area (Å²) in [7, 11) is -1.66. The predicted molar refractivity (Wildman–Crippen MR) is 149 cm³/mol. The lowest BCUT2D eigenvalue weighted by atomic mass is 9.84. The fourth-order valence-electron chi connectivity index (χ4n) is 3.62. The van der Waals surface area contributed by atoms with E-state index in [9.17, 15) is 9.00 Å². The number of hydrogen-bond donors (Lipinski definition) is 1. The Bertz CT molecular complexity index is 1170. The van der Waals surface area contributed by atoms with Gasteiger partial charge in [-0.25, -0.2) is 8.93 Å². The number of nitrogens with zero attached hydrogens (tertiary/aromatic N) is 2. The highest BCUT2D eigenvalue weighted by atomic mass is 35.5. The highest BCUT2D eigenvalue weighted by Crippen LogP contribution is 2.31. The van der Waals surface area contributed by atoms with Gasteiger partial charge in [0.05, 0.1) is 16.9 Å². The van der Waals surface area contributed by atoms with Crippen LogP contribution in [0.4, 0.5) is 0 Å². The molecule has 2 atom stereocenters. The maximum absolute atomic E-state index is 13.6. The minimum Gasteiger partial charge on any atom is -0.481 e. The van der Waals surface area contributed by atoms with E-state index in [1.54, 1.807) is 49.7 Å². The van der Waals surface area contributed by atoms with Crippen LogP contribution in [0.25, 0.3) is 0 Å². The summed E-state index contributed by atoms with van der Waals surface area (Å²) < 4.78 is 22.6. The van der Waals surface area contributed by atoms with Gasteiger partial charge in [0.2, 0.25) is 0 Å². The molecule has 2 aromatic rings. The van der Waals surface area contributed by atoms with Crippen molar-refractivity contribution in [2.75, 3.05) is 13.2 Å². The number of hydrogen-bond acceptors (Lipinski definition) is 5. The zero-order valence-electron chi connectivity index (χ0n) is 21.5. The molecule has 0 radical (unpaired) electrons. The third-order valence-electron chi connectivity index (χ3n) is 5.40. The summed E-state index contributed by atoms with van der Waals surface area (Å²) in [6, 6.07) is 10.1. The van der Waals surface area contributed by atoms with Gasteiger partial charge >= 0.3 is 0 Å². The zero-order valence-corrected chi connectivity index (χ0v) is 23.0. The monoisotopic (exact) mass is 527 g/mol. The van der Waals surface area contributed by atoms with Crippen molar-refractivity contribution in [2.24, 2.45) is 4.99 Å². The first-order chi connectivity index (χ1) is 17.2. The molecule has 0 saturated carbocycles. The highest BCUT2D eigenvalue weighted by molar-refractivity contribution is 7.83. The highest BCUT2D eigenvalue weighted by Gasteiger charge is 2.33. The van der Waals surface area contributed by atoms with Crippen molar-refractivity contribution in [2.45, 2.75) is 51.0 Å². The number of carbonyl (C=O) groups excluding carboxylic acids is 1. The second kappa shape index (κ2) is 14.0. The predicted octanol–water partition coefficient (Wildman–Crippen LogP) is 5.93. The number of benzene rings is 1. The van der Waals surface area contributed by atoms with Crippen LogP contribution in [0, 0.1) is 0 Å². The Morgan fingerprint density at radius 3 is 2.53 bits per heavy atom. The van der Waals surface area contributed by atoms with E-state index in [4.69, 9.17) is 16.3 Å². The smallest absolute Gasteiger partial charge is 0.193 e. The Morgan fingerprint density at radius 2 is 1.92 bits per heavy atom. The van der Waals surface area contributed by atoms with Crippen LogP contribution in [0.5, 0.6) is 0 Å². The number of aliphatic imine (C=N–C) groups is 1. The number of rotatable bonds is 12. The summed E-state index contributed by atoms with van der Waals surface area (Å²) in [5, 5.41) is 0.334. The molecule has 2 unspecified atom stereocenters. The molecule has 1 aromatic carbocycles. The quantitative estimate of drug-likeness (QED) is 0.122. The summed E-state index contributed by atoms with van der Waals surface area (Å²) in [5.74, 6) is 0.340. The van der Waals surface area contributed by atoms with Crippen LogP contribution < -0.4 is 4.72 Å². The number of ether oxygens (including phenoxy) is 1. The maximum atomic E-state index is 13.6. The van der Waals surface area contributed by atoms with Gasteiger partial charge in [0.1, 0.15) is 11.0 Å². The third-order valence-corrected chi connectivity index (χ3v) is 6.96. The molecule has 8 heteroatoms. The molecule has 0 aliphatic carbocycles. The molecule has 1 heterocycles. The number of allylic oxidation sites excluding steroid dienone is 4. The number of halogens is 1. The molecule has 0 aliphatic heterocycles. The van der Waals surface area contributed by atoms with Gasteiger partial charge in [0.15, 0.2) is 11.7 Å². The Morgan fingerprint density at radius 1 is 1.25 bits per heavy atom. The van der Waals surface area contributed by atoms with Gasteiger partial charge in [-0.05, 0) is 70.5 Å². The Balaban J connectivity index is 2.46. The number of nitrogens with one attached hydrogen (secondary N) is 1. The topological polar surface area (TPSA) is 80.7 Å². The first-order valence-corrected chi connectivity index (χ1v) is 13.3. The molecule has 0 fully saturated rings. The summed E-state index contributed by atoms with van der Waals surface area (Å²) in [5.41, 5.74) is 1.01. The van der Waals surface area contributed by atoms with Crippen LogP contribution in [0.15, 0.2) is 94.1 Å². The standard InChI is InChI=1S/C28H34ClN3O3S/c1-7-12-22(29)19-23(26(33)21-15-17-30-18-16-21)20(4)32-36(34)25-14-11-10-13-24(25)28(5,6)27(31-8-2)35-9-3/h7,10-20,32H,1,8-9H2,2-6H3/b22-12+,23-19+,31-27?. The fraction of sp³-hybridized carbons (Fsp3) is 0.321. The molecule has 0 saturated heterocycles. The van der Waals surface area contributed by atoms with Gasteiger partial charge < -0.3 is 4.74 Å². The van der Waals surface area contributed by atoms with Crippen LogP contribution in [-0.4, -0.2) is 40.1 Å². The van der Waals surface area contributed by atoms with Crippen molar-refractivity contribution < 1.29 is 13.7 Å². The third kappa shape index (κ3) is 7.56. The lowest BCUT2D eigenvalue weighted by Crippen LogP contribution is -2.36. The normalized spacial score (nSPS) is 14.8. The van der Waals surface area contributed by atoms with Gasteiger partial charge in [-0.3, -0.25) is 14.8 Å². The number of pyridine rings is 1. The summed E-state index contributed by atoms with van der Waals surface area (Å²) in [6.45, 7) is 14.3. The van der Waals surface area contributed by atoms with E-state index in [1.165, 1.54) is 6.08 Å². The molecule has 192 valence electrons. The average Bonchev–Trinajstić information content (AvgIpc) is 2.87. The van der Waals surface area contributed by atoms with E-state index < -0.39 is 22.4 Å². The van der Waals surface area contributed by atoms with E-state index >= 15 is 0 Å². The molecule has 0 aliphatic rings. The molecule has 0 amide bonds. The molecule has 1 aromatic heterocycles. The van der Waals surface area contributed by atoms with E-state index in [0.717, 1.165) is 5.56 Å². The van der Waals surface area contributed by atoms with E-state index in [1.807, 2.05) is 45.9 Å². The zero-order chi connectivity index (χ0) is 26.7. The average molecular weight is 528 g/mol. The summed E-state index contributed by atoms with van der Waals surface area (Å²) in [6.07, 6.45) is 7.79. The van der Waals surface area contributed by atoms with Crippen molar-refractivity contribution in [1.82, 2.24) is 9.71 Å². The molecular formula is C28H34ClN3O3S. The van der Waals surface area contributed by atoms with E-state index in [-0.39, 0.29) is 5.78 Å². The van der Waals surface area contributed by atoms with Crippen molar-refractivity contribution in [3.05, 3.63) is 95.3 Å². The first-order valence-electron chi connectivity index (χ1n) is 11.8. The Hall–Kier alpha value is -2.87. The van der Waals surface area contributed by atoms with Crippen LogP contribution in [0.3, 0.4) is 0 Å². The minimum absolute atomic E-state index is 0.243. The van der Waals surface area contributed by atoms with Gasteiger partial charge in [-0.2, -0.15) is 0 Å². The van der Waals surface area contributed by atoms with Crippen molar-refractivity contribution in [1.29, 1.82) is 0 Å². The summed E-state index contributed by atoms with van der Waals surface area (Å²) >= 11 is 6.30. The Kier molecular flexibility index (Phi) is 11.4. The summed E-state index contributed by atoms with van der Waals surface area (Å²) in [4.78, 5) is 22.4. The van der Waals surface area contributed by atoms with Gasteiger partial charge in [0, 0.05) is 41.1 Å². The van der Waals surface area contributed by atoms with Gasteiger partial charge in [0.25, 0.3) is 0 Å². The first kappa shape index (κ1) is 29.4. The number of aromatic nitrogens is 1. The molecule has 0 spiro atoms. The molecular weight excluding hydrogens is 494 g/mol. The number of ketones is 1. The van der Waals surface area contributed by atoms with Crippen molar-refractivity contribution in [3.8, 4) is 0 Å². The second-order valence-corrected chi connectivity index (χ2v) is 10.0. The molecule has 36 heavy (non-hydrogen) atoms. The Labute approximate surface area is 221 Å². The fourth-order valence-corrected chi connectivity index (χ4v) is 5.12. The minimum atomic E-state index is -1.66. The number of Topliss-reactive ketones (excluding diaryl/α,β-unsaturated/α-hetero) is 1. The van der Waals surface area contributed by atoms with Crippen molar-refractivity contribution >= 4 is 34.3 Å². The van der Waals surface area contributed by atoms with Crippen LogP contribution in [0.2, 0.25) is 0 Å². The largest absolute Gasteiger partial charge is 0.481 e. The molecule has 6 nitrogen and oxygen atoms in total. The molecule has 2 rings (SSSR count). The van der Waals surface area contributed by atoms with E-state index in [2.05, 4.69) is 21.3 Å². The van der Waals surface area contributed by atoms with Gasteiger partial charge in [-0.1, -0.05) is 42.5 Å². The molecule has 0 bridgehead atoms. The molecule has 1 N–H and O–H groups in total. The van der Waals surface area contributed by atoms with Crippen LogP contribution in [-0.2, 0) is 21.1 Å². The maximum Gasteiger partial charge on any atom is 0.193 e. The number of carbonyl (C=O) groups is 1. The lowest BCUT2D eigenvalue weighted by molar-refractivity contribution is 0.102. The van der Waals surface area contributed by atoms with Crippen molar-refractivity contribution in [3.63, 3.8) is 0 Å².